The van der Waals surface area contributed by atoms with Crippen LogP contribution in [0.3, 0.4) is 0 Å². The average molecular weight is 484 g/mol. The number of aromatic amines is 1. The number of fused-ring (bicyclic) bond motifs is 1. The van der Waals surface area contributed by atoms with E-state index in [0.717, 1.165) is 4.47 Å². The normalized spacial score (nSPS) is 10.9. The molecule has 31 heavy (non-hydrogen) atoms. The molecule has 0 aliphatic heterocycles. The van der Waals surface area contributed by atoms with Crippen molar-refractivity contribution in [3.05, 3.63) is 63.1 Å². The highest BCUT2D eigenvalue weighted by molar-refractivity contribution is 9.10. The maximum absolute atomic E-state index is 12.8. The fraction of sp³-hybridized carbons (Fsp3) is 0.143. The van der Waals surface area contributed by atoms with Gasteiger partial charge in [0.1, 0.15) is 17.0 Å². The topological polar surface area (TPSA) is 125 Å². The fourth-order valence-electron chi connectivity index (χ4n) is 3.24. The molecule has 0 bridgehead atoms. The minimum atomic E-state index is -0.789. The molecule has 0 aliphatic carbocycles. The second kappa shape index (κ2) is 8.23. The Hall–Kier alpha value is -3.66. The van der Waals surface area contributed by atoms with Crippen LogP contribution in [0.15, 0.2) is 51.7 Å². The molecule has 4 aromatic rings. The molecule has 0 fully saturated rings. The first-order valence-electron chi connectivity index (χ1n) is 9.32. The molecule has 0 spiro atoms. The first-order chi connectivity index (χ1) is 14.9. The third-order valence-electron chi connectivity index (χ3n) is 4.58. The van der Waals surface area contributed by atoms with Gasteiger partial charge in [-0.15, -0.1) is 0 Å². The van der Waals surface area contributed by atoms with Gasteiger partial charge in [0.25, 0.3) is 5.91 Å². The van der Waals surface area contributed by atoms with Crippen molar-refractivity contribution in [3.8, 4) is 28.6 Å². The number of amides is 1. The van der Waals surface area contributed by atoms with E-state index in [1.54, 1.807) is 36.4 Å². The molecule has 4 rings (SSSR count). The van der Waals surface area contributed by atoms with Crippen LogP contribution in [-0.2, 0) is 0 Å². The summed E-state index contributed by atoms with van der Waals surface area (Å²) < 4.78 is 13.0. The average Bonchev–Trinajstić information content (AvgIpc) is 3.09. The third kappa shape index (κ3) is 3.77. The van der Waals surface area contributed by atoms with E-state index in [-0.39, 0.29) is 22.7 Å². The van der Waals surface area contributed by atoms with Crippen LogP contribution in [0.1, 0.15) is 17.4 Å². The fourth-order valence-corrected chi connectivity index (χ4v) is 3.60. The van der Waals surface area contributed by atoms with Gasteiger partial charge in [0, 0.05) is 4.47 Å². The van der Waals surface area contributed by atoms with Gasteiger partial charge in [-0.25, -0.2) is 19.3 Å². The smallest absolute Gasteiger partial charge is 0.332 e. The van der Waals surface area contributed by atoms with Crippen molar-refractivity contribution >= 4 is 33.0 Å². The number of primary amides is 1. The molecule has 158 valence electrons. The number of imidazole rings is 1. The quantitative estimate of drug-likeness (QED) is 0.434. The van der Waals surface area contributed by atoms with Crippen molar-refractivity contribution in [1.82, 2.24) is 19.5 Å². The molecule has 9 nitrogen and oxygen atoms in total. The van der Waals surface area contributed by atoms with E-state index in [0.29, 0.717) is 29.4 Å². The van der Waals surface area contributed by atoms with Gasteiger partial charge < -0.3 is 20.2 Å². The highest BCUT2D eigenvalue weighted by Crippen LogP contribution is 2.32. The number of carbonyl (C=O) groups is 1. The number of nitrogens with one attached hydrogen (secondary N) is 1. The minimum absolute atomic E-state index is 0.0937. The Morgan fingerprint density at radius 2 is 1.94 bits per heavy atom. The molecular formula is C21H18BrN5O4. The number of rotatable bonds is 6. The van der Waals surface area contributed by atoms with Crippen LogP contribution >= 0.6 is 15.9 Å². The second-order valence-corrected chi connectivity index (χ2v) is 7.41. The van der Waals surface area contributed by atoms with E-state index in [9.17, 15) is 9.59 Å². The van der Waals surface area contributed by atoms with Crippen molar-refractivity contribution in [1.29, 1.82) is 0 Å². The number of ether oxygens (including phenoxy) is 2. The lowest BCUT2D eigenvalue weighted by atomic mass is 10.1. The number of nitrogens with two attached hydrogens (primary N) is 1. The van der Waals surface area contributed by atoms with Crippen molar-refractivity contribution in [3.63, 3.8) is 0 Å². The van der Waals surface area contributed by atoms with E-state index >= 15 is 0 Å². The number of carbonyl (C=O) groups excluding carboxylic acids is 1. The van der Waals surface area contributed by atoms with E-state index in [2.05, 4.69) is 30.9 Å². The maximum Gasteiger partial charge on any atom is 0.332 e. The van der Waals surface area contributed by atoms with Gasteiger partial charge in [0.2, 0.25) is 0 Å². The van der Waals surface area contributed by atoms with Gasteiger partial charge in [-0.2, -0.15) is 0 Å². The number of hydrogen-bond acceptors (Lipinski definition) is 6. The van der Waals surface area contributed by atoms with Crippen LogP contribution in [0.5, 0.6) is 11.5 Å². The molecule has 0 saturated carbocycles. The number of nitrogens with zero attached hydrogens (tertiary/aromatic N) is 3. The van der Waals surface area contributed by atoms with Crippen LogP contribution in [0, 0.1) is 0 Å². The molecule has 2 aromatic carbocycles. The molecule has 0 aliphatic rings. The number of halogens is 1. The van der Waals surface area contributed by atoms with E-state index in [4.69, 9.17) is 15.2 Å². The number of hydrogen-bond donors (Lipinski definition) is 2. The van der Waals surface area contributed by atoms with Crippen LogP contribution < -0.4 is 20.9 Å². The first-order valence-corrected chi connectivity index (χ1v) is 10.1. The standard InChI is InChI=1S/C21H18BrN5O4/c1-3-31-13-7-5-12(6-8-13)27-20-17(25-21(27)29)16(18(23)28)24-19(26-20)14-10-11(22)4-9-15(14)30-2/h4-10H,3H2,1-2H3,(H2,23,28)(H,25,29). The minimum Gasteiger partial charge on any atom is -0.496 e. The molecule has 1 amide bonds. The Morgan fingerprint density at radius 1 is 1.19 bits per heavy atom. The Morgan fingerprint density at radius 3 is 2.58 bits per heavy atom. The zero-order valence-corrected chi connectivity index (χ0v) is 18.3. The van der Waals surface area contributed by atoms with Crippen LogP contribution in [0.2, 0.25) is 0 Å². The van der Waals surface area contributed by atoms with E-state index in [1.807, 2.05) is 13.0 Å². The summed E-state index contributed by atoms with van der Waals surface area (Å²) in [6.07, 6.45) is 0. The number of aromatic nitrogens is 4. The van der Waals surface area contributed by atoms with Gasteiger partial charge in [-0.05, 0) is 49.4 Å². The van der Waals surface area contributed by atoms with Crippen molar-refractivity contribution in [2.45, 2.75) is 6.92 Å². The summed E-state index contributed by atoms with van der Waals surface area (Å²) in [6, 6.07) is 12.3. The van der Waals surface area contributed by atoms with Gasteiger partial charge in [0.15, 0.2) is 17.2 Å². The highest BCUT2D eigenvalue weighted by atomic mass is 79.9. The third-order valence-corrected chi connectivity index (χ3v) is 5.07. The van der Waals surface area contributed by atoms with Crippen molar-refractivity contribution in [2.24, 2.45) is 5.73 Å². The maximum atomic E-state index is 12.8. The lowest BCUT2D eigenvalue weighted by Crippen LogP contribution is -2.15. The lowest BCUT2D eigenvalue weighted by Gasteiger charge is -2.10. The molecule has 0 atom stereocenters. The summed E-state index contributed by atoms with van der Waals surface area (Å²) in [6.45, 7) is 2.41. The largest absolute Gasteiger partial charge is 0.496 e. The Bertz CT molecular complexity index is 1340. The van der Waals surface area contributed by atoms with Gasteiger partial charge in [0.05, 0.1) is 25.0 Å². The molecule has 10 heteroatoms. The van der Waals surface area contributed by atoms with Gasteiger partial charge in [-0.1, -0.05) is 15.9 Å². The van der Waals surface area contributed by atoms with Gasteiger partial charge >= 0.3 is 5.69 Å². The van der Waals surface area contributed by atoms with Crippen molar-refractivity contribution < 1.29 is 14.3 Å². The van der Waals surface area contributed by atoms with Crippen LogP contribution in [0.4, 0.5) is 0 Å². The van der Waals surface area contributed by atoms with Crippen LogP contribution in [0.25, 0.3) is 28.2 Å². The predicted octanol–water partition coefficient (Wildman–Crippen LogP) is 3.04. The zero-order valence-electron chi connectivity index (χ0n) is 16.7. The highest BCUT2D eigenvalue weighted by Gasteiger charge is 2.21. The number of benzene rings is 2. The summed E-state index contributed by atoms with van der Waals surface area (Å²) in [4.78, 5) is 36.4. The SMILES string of the molecule is CCOc1ccc(-n2c(=O)[nH]c3c(C(N)=O)nc(-c4cc(Br)ccc4OC)nc32)cc1. The molecule has 2 aromatic heterocycles. The second-order valence-electron chi connectivity index (χ2n) is 6.50. The first kappa shape index (κ1) is 20.6. The molecule has 0 unspecified atom stereocenters. The lowest BCUT2D eigenvalue weighted by molar-refractivity contribution is 0.0997. The molecule has 2 heterocycles. The molecule has 0 radical (unpaired) electrons. The van der Waals surface area contributed by atoms with Gasteiger partial charge in [-0.3, -0.25) is 4.79 Å². The Kier molecular flexibility index (Phi) is 5.47. The summed E-state index contributed by atoms with van der Waals surface area (Å²) in [5.74, 6) is 0.579. The summed E-state index contributed by atoms with van der Waals surface area (Å²) in [5.41, 5.74) is 6.44. The number of methoxy groups -OCH3 is 1. The summed E-state index contributed by atoms with van der Waals surface area (Å²) in [5, 5.41) is 0. The number of H-pyrrole nitrogens is 1. The van der Waals surface area contributed by atoms with E-state index < -0.39 is 11.6 Å². The summed E-state index contributed by atoms with van der Waals surface area (Å²) >= 11 is 3.42. The predicted molar refractivity (Wildman–Crippen MR) is 119 cm³/mol. The molecule has 0 saturated heterocycles. The molecule has 3 N–H and O–H groups in total. The van der Waals surface area contributed by atoms with Crippen LogP contribution in [-0.4, -0.2) is 39.1 Å². The monoisotopic (exact) mass is 483 g/mol. The Balaban J connectivity index is 2.00. The zero-order chi connectivity index (χ0) is 22.1. The molecular weight excluding hydrogens is 466 g/mol. The Labute approximate surface area is 185 Å². The summed E-state index contributed by atoms with van der Waals surface area (Å²) in [7, 11) is 1.52. The van der Waals surface area contributed by atoms with Crippen molar-refractivity contribution in [2.75, 3.05) is 13.7 Å². The van der Waals surface area contributed by atoms with E-state index in [1.165, 1.54) is 11.7 Å².